The number of halogens is 1. The molecular weight excluding hydrogens is 256 g/mol. The zero-order chi connectivity index (χ0) is 10.7. The van der Waals surface area contributed by atoms with E-state index in [0.717, 1.165) is 21.4 Å². The summed E-state index contributed by atoms with van der Waals surface area (Å²) >= 11 is 3.40. The molecule has 0 spiro atoms. The Hall–Kier alpha value is -1.49. The van der Waals surface area contributed by atoms with Gasteiger partial charge in [-0.2, -0.15) is 5.10 Å². The van der Waals surface area contributed by atoms with Crippen LogP contribution in [0.1, 0.15) is 5.56 Å². The largest absolute Gasteiger partial charge is 0.397 e. The van der Waals surface area contributed by atoms with Crippen molar-refractivity contribution in [3.05, 3.63) is 40.6 Å². The summed E-state index contributed by atoms with van der Waals surface area (Å²) in [5, 5.41) is 9.87. The van der Waals surface area contributed by atoms with E-state index in [0.29, 0.717) is 6.54 Å². The van der Waals surface area contributed by atoms with E-state index in [9.17, 15) is 0 Å². The molecule has 78 valence electrons. The summed E-state index contributed by atoms with van der Waals surface area (Å²) in [7, 11) is 0. The third-order valence-electron chi connectivity index (χ3n) is 2.05. The van der Waals surface area contributed by atoms with Crippen LogP contribution in [0.15, 0.2) is 35.1 Å². The van der Waals surface area contributed by atoms with Crippen LogP contribution in [0.3, 0.4) is 0 Å². The number of nitrogens with zero attached hydrogens (tertiary/aromatic N) is 1. The molecule has 0 radical (unpaired) electrons. The summed E-state index contributed by atoms with van der Waals surface area (Å²) in [5.74, 6) is 0. The Kier molecular flexibility index (Phi) is 2.91. The van der Waals surface area contributed by atoms with Gasteiger partial charge in [-0.25, -0.2) is 0 Å². The minimum Gasteiger partial charge on any atom is -0.397 e. The lowest BCUT2D eigenvalue weighted by Crippen LogP contribution is -2.01. The van der Waals surface area contributed by atoms with Crippen molar-refractivity contribution in [2.75, 3.05) is 11.1 Å². The third kappa shape index (κ3) is 2.50. The Labute approximate surface area is 96.0 Å². The molecule has 2 aromatic rings. The predicted molar refractivity (Wildman–Crippen MR) is 64.5 cm³/mol. The minimum absolute atomic E-state index is 0.706. The molecular formula is C10H11BrN4. The van der Waals surface area contributed by atoms with Crippen molar-refractivity contribution in [3.63, 3.8) is 0 Å². The van der Waals surface area contributed by atoms with E-state index >= 15 is 0 Å². The normalized spacial score (nSPS) is 10.2. The molecule has 15 heavy (non-hydrogen) atoms. The number of hydrogen-bond donors (Lipinski definition) is 3. The molecule has 2 rings (SSSR count). The van der Waals surface area contributed by atoms with Crippen molar-refractivity contribution in [1.29, 1.82) is 0 Å². The van der Waals surface area contributed by atoms with E-state index in [1.165, 1.54) is 0 Å². The zero-order valence-corrected chi connectivity index (χ0v) is 9.58. The van der Waals surface area contributed by atoms with Gasteiger partial charge >= 0.3 is 0 Å². The van der Waals surface area contributed by atoms with Crippen molar-refractivity contribution in [2.45, 2.75) is 6.54 Å². The van der Waals surface area contributed by atoms with Crippen LogP contribution >= 0.6 is 15.9 Å². The molecule has 4 N–H and O–H groups in total. The molecule has 0 bridgehead atoms. The number of rotatable bonds is 3. The van der Waals surface area contributed by atoms with E-state index in [1.54, 1.807) is 6.20 Å². The number of hydrogen-bond acceptors (Lipinski definition) is 3. The fourth-order valence-electron chi connectivity index (χ4n) is 1.25. The molecule has 0 saturated heterocycles. The van der Waals surface area contributed by atoms with Crippen molar-refractivity contribution < 1.29 is 0 Å². The lowest BCUT2D eigenvalue weighted by molar-refractivity contribution is 1.09. The molecule has 0 aliphatic rings. The lowest BCUT2D eigenvalue weighted by atomic mass is 10.2. The first kappa shape index (κ1) is 10.0. The van der Waals surface area contributed by atoms with Crippen LogP contribution in [-0.2, 0) is 6.54 Å². The Morgan fingerprint density at radius 2 is 2.33 bits per heavy atom. The molecule has 5 heteroatoms. The molecule has 0 saturated carbocycles. The van der Waals surface area contributed by atoms with Crippen LogP contribution in [0.4, 0.5) is 11.4 Å². The predicted octanol–water partition coefficient (Wildman–Crippen LogP) is 2.37. The van der Waals surface area contributed by atoms with Gasteiger partial charge in [-0.15, -0.1) is 0 Å². The smallest absolute Gasteiger partial charge is 0.0587 e. The fraction of sp³-hybridized carbons (Fsp3) is 0.100. The molecule has 0 atom stereocenters. The minimum atomic E-state index is 0.706. The van der Waals surface area contributed by atoms with E-state index in [1.807, 2.05) is 24.4 Å². The molecule has 0 aliphatic heterocycles. The van der Waals surface area contributed by atoms with E-state index < -0.39 is 0 Å². The first-order valence-electron chi connectivity index (χ1n) is 4.52. The standard InChI is InChI=1S/C10H11BrN4/c11-8-1-2-9(12)10(3-8)13-4-7-5-14-15-6-7/h1-3,5-6,13H,4,12H2,(H,14,15). The molecule has 0 unspecified atom stereocenters. The van der Waals surface area contributed by atoms with Gasteiger partial charge in [0.1, 0.15) is 0 Å². The topological polar surface area (TPSA) is 66.7 Å². The molecule has 4 nitrogen and oxygen atoms in total. The number of nitrogens with one attached hydrogen (secondary N) is 2. The molecule has 1 aromatic carbocycles. The van der Waals surface area contributed by atoms with Gasteiger partial charge in [0, 0.05) is 22.8 Å². The average molecular weight is 267 g/mol. The van der Waals surface area contributed by atoms with Crippen molar-refractivity contribution in [1.82, 2.24) is 10.2 Å². The number of H-pyrrole nitrogens is 1. The number of nitrogens with two attached hydrogens (primary N) is 1. The Bertz CT molecular complexity index is 439. The van der Waals surface area contributed by atoms with Crippen LogP contribution in [-0.4, -0.2) is 10.2 Å². The van der Waals surface area contributed by atoms with Crippen LogP contribution in [0, 0.1) is 0 Å². The lowest BCUT2D eigenvalue weighted by Gasteiger charge is -2.08. The Morgan fingerprint density at radius 3 is 3.07 bits per heavy atom. The molecule has 0 amide bonds. The van der Waals surface area contributed by atoms with E-state index in [-0.39, 0.29) is 0 Å². The average Bonchev–Trinajstić information content (AvgIpc) is 2.72. The highest BCUT2D eigenvalue weighted by Gasteiger charge is 2.00. The number of anilines is 2. The highest BCUT2D eigenvalue weighted by atomic mass is 79.9. The maximum atomic E-state index is 5.82. The van der Waals surface area contributed by atoms with Gasteiger partial charge in [0.05, 0.1) is 17.6 Å². The van der Waals surface area contributed by atoms with Gasteiger partial charge in [0.15, 0.2) is 0 Å². The highest BCUT2D eigenvalue weighted by Crippen LogP contribution is 2.23. The van der Waals surface area contributed by atoms with Gasteiger partial charge in [-0.1, -0.05) is 15.9 Å². The maximum absolute atomic E-state index is 5.82. The summed E-state index contributed by atoms with van der Waals surface area (Å²) in [6.45, 7) is 0.706. The van der Waals surface area contributed by atoms with Gasteiger partial charge in [0.2, 0.25) is 0 Å². The number of aromatic nitrogens is 2. The molecule has 1 aromatic heterocycles. The van der Waals surface area contributed by atoms with Gasteiger partial charge in [-0.05, 0) is 18.2 Å². The fourth-order valence-corrected chi connectivity index (χ4v) is 1.61. The number of aromatic amines is 1. The summed E-state index contributed by atoms with van der Waals surface area (Å²) in [4.78, 5) is 0. The summed E-state index contributed by atoms with van der Waals surface area (Å²) < 4.78 is 1.01. The van der Waals surface area contributed by atoms with Crippen molar-refractivity contribution in [3.8, 4) is 0 Å². The second-order valence-electron chi connectivity index (χ2n) is 3.19. The number of benzene rings is 1. The monoisotopic (exact) mass is 266 g/mol. The number of nitrogen functional groups attached to an aromatic ring is 1. The third-order valence-corrected chi connectivity index (χ3v) is 2.55. The van der Waals surface area contributed by atoms with Crippen LogP contribution < -0.4 is 11.1 Å². The second kappa shape index (κ2) is 4.35. The van der Waals surface area contributed by atoms with E-state index in [2.05, 4.69) is 31.4 Å². The van der Waals surface area contributed by atoms with Gasteiger partial charge < -0.3 is 11.1 Å². The molecule has 0 aliphatic carbocycles. The Morgan fingerprint density at radius 1 is 1.47 bits per heavy atom. The van der Waals surface area contributed by atoms with Crippen LogP contribution in [0.2, 0.25) is 0 Å². The van der Waals surface area contributed by atoms with Crippen LogP contribution in [0.25, 0.3) is 0 Å². The molecule has 0 fully saturated rings. The van der Waals surface area contributed by atoms with Gasteiger partial charge in [0.25, 0.3) is 0 Å². The first-order chi connectivity index (χ1) is 7.25. The SMILES string of the molecule is Nc1ccc(Br)cc1NCc1cn[nH]c1. The summed E-state index contributed by atoms with van der Waals surface area (Å²) in [6, 6.07) is 5.73. The van der Waals surface area contributed by atoms with Crippen LogP contribution in [0.5, 0.6) is 0 Å². The maximum Gasteiger partial charge on any atom is 0.0587 e. The first-order valence-corrected chi connectivity index (χ1v) is 5.31. The van der Waals surface area contributed by atoms with Crippen molar-refractivity contribution >= 4 is 27.3 Å². The quantitative estimate of drug-likeness (QED) is 0.748. The highest BCUT2D eigenvalue weighted by molar-refractivity contribution is 9.10. The second-order valence-corrected chi connectivity index (χ2v) is 4.11. The summed E-state index contributed by atoms with van der Waals surface area (Å²) in [5.41, 5.74) is 8.57. The molecule has 1 heterocycles. The van der Waals surface area contributed by atoms with Gasteiger partial charge in [-0.3, -0.25) is 5.10 Å². The van der Waals surface area contributed by atoms with E-state index in [4.69, 9.17) is 5.73 Å². The Balaban J connectivity index is 2.07. The summed E-state index contributed by atoms with van der Waals surface area (Å²) in [6.07, 6.45) is 3.63. The van der Waals surface area contributed by atoms with Crippen molar-refractivity contribution in [2.24, 2.45) is 0 Å². The zero-order valence-electron chi connectivity index (χ0n) is 8.00.